The molecular weight excluding hydrogens is 440 g/mol. The quantitative estimate of drug-likeness (QED) is 0.573. The minimum atomic E-state index is -3.88. The average molecular weight is 467 g/mol. The van der Waals surface area contributed by atoms with Crippen molar-refractivity contribution >= 4 is 21.6 Å². The Bertz CT molecular complexity index is 1300. The summed E-state index contributed by atoms with van der Waals surface area (Å²) in [7, 11) is -3.88. The SMILES string of the molecule is Cc1ccc(C(=O)NC[C@@H]2COc3ccccc3O2)cc1S(=O)(=O)Nc1cccc(C)c1C. The van der Waals surface area contributed by atoms with Crippen LogP contribution in [0.5, 0.6) is 11.5 Å². The van der Waals surface area contributed by atoms with Gasteiger partial charge in [0.25, 0.3) is 15.9 Å². The van der Waals surface area contributed by atoms with Crippen LogP contribution < -0.4 is 19.5 Å². The molecule has 0 fully saturated rings. The fourth-order valence-corrected chi connectivity index (χ4v) is 4.96. The second kappa shape index (κ2) is 9.15. The molecule has 0 saturated carbocycles. The van der Waals surface area contributed by atoms with Crippen molar-refractivity contribution in [3.8, 4) is 11.5 Å². The summed E-state index contributed by atoms with van der Waals surface area (Å²) in [5.41, 5.74) is 3.14. The number of sulfonamides is 1. The van der Waals surface area contributed by atoms with Crippen LogP contribution in [-0.4, -0.2) is 33.6 Å². The first-order valence-electron chi connectivity index (χ1n) is 10.6. The number of nitrogens with one attached hydrogen (secondary N) is 2. The Labute approximate surface area is 193 Å². The largest absolute Gasteiger partial charge is 0.486 e. The summed E-state index contributed by atoms with van der Waals surface area (Å²) in [5, 5.41) is 2.80. The lowest BCUT2D eigenvalue weighted by Crippen LogP contribution is -2.40. The van der Waals surface area contributed by atoms with Crippen LogP contribution in [0.1, 0.15) is 27.0 Å². The predicted octanol–water partition coefficient (Wildman–Crippen LogP) is 3.98. The minimum absolute atomic E-state index is 0.0576. The number of fused-ring (bicyclic) bond motifs is 1. The summed E-state index contributed by atoms with van der Waals surface area (Å²) >= 11 is 0. The number of hydrogen-bond acceptors (Lipinski definition) is 5. The molecule has 1 atom stereocenters. The van der Waals surface area contributed by atoms with Gasteiger partial charge in [0.15, 0.2) is 11.5 Å². The van der Waals surface area contributed by atoms with Crippen LogP contribution in [0.2, 0.25) is 0 Å². The van der Waals surface area contributed by atoms with Gasteiger partial charge in [-0.15, -0.1) is 0 Å². The van der Waals surface area contributed by atoms with Crippen molar-refractivity contribution < 1.29 is 22.7 Å². The van der Waals surface area contributed by atoms with E-state index >= 15 is 0 Å². The lowest BCUT2D eigenvalue weighted by atomic mass is 10.1. The zero-order valence-electron chi connectivity index (χ0n) is 18.7. The summed E-state index contributed by atoms with van der Waals surface area (Å²) in [5.74, 6) is 0.912. The van der Waals surface area contributed by atoms with Crippen molar-refractivity contribution in [3.63, 3.8) is 0 Å². The Morgan fingerprint density at radius 3 is 2.52 bits per heavy atom. The molecule has 7 nitrogen and oxygen atoms in total. The first-order valence-corrected chi connectivity index (χ1v) is 12.1. The molecule has 1 aliphatic rings. The number of anilines is 1. The summed E-state index contributed by atoms with van der Waals surface area (Å²) in [6, 6.07) is 17.4. The van der Waals surface area contributed by atoms with Crippen molar-refractivity contribution in [2.75, 3.05) is 17.9 Å². The maximum Gasteiger partial charge on any atom is 0.262 e. The summed E-state index contributed by atoms with van der Waals surface area (Å²) < 4.78 is 40.4. The number of amides is 1. The molecule has 2 N–H and O–H groups in total. The van der Waals surface area contributed by atoms with Gasteiger partial charge in [0.1, 0.15) is 12.7 Å². The third kappa shape index (κ3) is 4.96. The summed E-state index contributed by atoms with van der Waals surface area (Å²) in [6.07, 6.45) is -0.344. The van der Waals surface area contributed by atoms with Crippen LogP contribution in [0.4, 0.5) is 5.69 Å². The van der Waals surface area contributed by atoms with E-state index in [1.807, 2.05) is 44.2 Å². The molecule has 0 unspecified atom stereocenters. The van der Waals surface area contributed by atoms with Crippen LogP contribution >= 0.6 is 0 Å². The van der Waals surface area contributed by atoms with Gasteiger partial charge in [0, 0.05) is 5.56 Å². The highest BCUT2D eigenvalue weighted by Crippen LogP contribution is 2.30. The molecule has 33 heavy (non-hydrogen) atoms. The van der Waals surface area contributed by atoms with E-state index in [-0.39, 0.29) is 29.0 Å². The fourth-order valence-electron chi connectivity index (χ4n) is 3.56. The van der Waals surface area contributed by atoms with Crippen molar-refractivity contribution in [3.05, 3.63) is 82.9 Å². The number of carbonyl (C=O) groups excluding carboxylic acids is 1. The zero-order valence-corrected chi connectivity index (χ0v) is 19.5. The van der Waals surface area contributed by atoms with Crippen LogP contribution in [0.3, 0.4) is 0 Å². The van der Waals surface area contributed by atoms with Gasteiger partial charge in [-0.25, -0.2) is 8.42 Å². The monoisotopic (exact) mass is 466 g/mol. The Balaban J connectivity index is 1.47. The van der Waals surface area contributed by atoms with E-state index < -0.39 is 10.0 Å². The van der Waals surface area contributed by atoms with Crippen molar-refractivity contribution in [2.24, 2.45) is 0 Å². The molecule has 172 valence electrons. The highest BCUT2D eigenvalue weighted by molar-refractivity contribution is 7.92. The molecule has 3 aromatic carbocycles. The number of hydrogen-bond donors (Lipinski definition) is 2. The second-order valence-electron chi connectivity index (χ2n) is 8.04. The van der Waals surface area contributed by atoms with Crippen molar-refractivity contribution in [2.45, 2.75) is 31.8 Å². The Kier molecular flexibility index (Phi) is 6.29. The molecule has 0 aromatic heterocycles. The molecule has 4 rings (SSSR count). The Morgan fingerprint density at radius 2 is 1.73 bits per heavy atom. The summed E-state index contributed by atoms with van der Waals surface area (Å²) in [6.45, 7) is 6.01. The number of aryl methyl sites for hydroxylation is 2. The predicted molar refractivity (Wildman–Crippen MR) is 127 cm³/mol. The van der Waals surface area contributed by atoms with Gasteiger partial charge >= 0.3 is 0 Å². The highest BCUT2D eigenvalue weighted by atomic mass is 32.2. The normalized spacial score (nSPS) is 15.1. The molecule has 0 saturated heterocycles. The van der Waals surface area contributed by atoms with E-state index in [9.17, 15) is 13.2 Å². The molecule has 0 bridgehead atoms. The molecule has 1 heterocycles. The number of ether oxygens (including phenoxy) is 2. The average Bonchev–Trinajstić information content (AvgIpc) is 2.80. The maximum atomic E-state index is 13.1. The number of para-hydroxylation sites is 2. The van der Waals surface area contributed by atoms with E-state index in [1.165, 1.54) is 6.07 Å². The second-order valence-corrected chi connectivity index (χ2v) is 9.69. The third-order valence-corrected chi connectivity index (χ3v) is 7.15. The van der Waals surface area contributed by atoms with Gasteiger partial charge in [-0.2, -0.15) is 0 Å². The standard InChI is InChI=1S/C25H26N2O5S/c1-16-7-6-8-21(18(16)3)27-33(29,30)24-13-19(12-11-17(24)2)25(28)26-14-20-15-31-22-9-4-5-10-23(22)32-20/h4-13,20,27H,14-15H2,1-3H3,(H,26,28)/t20-/m1/s1. The van der Waals surface area contributed by atoms with Crippen LogP contribution in [0.15, 0.2) is 65.6 Å². The van der Waals surface area contributed by atoms with Gasteiger partial charge < -0.3 is 14.8 Å². The lowest BCUT2D eigenvalue weighted by Gasteiger charge is -2.26. The van der Waals surface area contributed by atoms with Gasteiger partial charge in [-0.3, -0.25) is 9.52 Å². The van der Waals surface area contributed by atoms with Gasteiger partial charge in [0.2, 0.25) is 0 Å². The van der Waals surface area contributed by atoms with Crippen LogP contribution in [0.25, 0.3) is 0 Å². The number of carbonyl (C=O) groups is 1. The Hall–Kier alpha value is -3.52. The molecule has 8 heteroatoms. The highest BCUT2D eigenvalue weighted by Gasteiger charge is 2.23. The topological polar surface area (TPSA) is 93.7 Å². The lowest BCUT2D eigenvalue weighted by molar-refractivity contribution is 0.0789. The number of rotatable bonds is 6. The van der Waals surface area contributed by atoms with E-state index in [4.69, 9.17) is 9.47 Å². The van der Waals surface area contributed by atoms with Gasteiger partial charge in [0.05, 0.1) is 17.1 Å². The van der Waals surface area contributed by atoms with Crippen molar-refractivity contribution in [1.82, 2.24) is 5.32 Å². The van der Waals surface area contributed by atoms with Crippen molar-refractivity contribution in [1.29, 1.82) is 0 Å². The fraction of sp³-hybridized carbons (Fsp3) is 0.240. The van der Waals surface area contributed by atoms with E-state index in [0.29, 0.717) is 29.4 Å². The van der Waals surface area contributed by atoms with Crippen LogP contribution in [-0.2, 0) is 10.0 Å². The minimum Gasteiger partial charge on any atom is -0.486 e. The maximum absolute atomic E-state index is 13.1. The van der Waals surface area contributed by atoms with Crippen LogP contribution in [0, 0.1) is 20.8 Å². The molecule has 1 aliphatic heterocycles. The molecule has 0 radical (unpaired) electrons. The number of benzene rings is 3. The first kappa shape index (κ1) is 22.7. The first-order chi connectivity index (χ1) is 15.7. The molecular formula is C25H26N2O5S. The van der Waals surface area contributed by atoms with E-state index in [1.54, 1.807) is 31.2 Å². The summed E-state index contributed by atoms with van der Waals surface area (Å²) in [4.78, 5) is 12.8. The van der Waals surface area contributed by atoms with E-state index in [2.05, 4.69) is 10.0 Å². The molecule has 0 spiro atoms. The van der Waals surface area contributed by atoms with Gasteiger partial charge in [-0.1, -0.05) is 30.3 Å². The molecule has 1 amide bonds. The zero-order chi connectivity index (χ0) is 23.6. The smallest absolute Gasteiger partial charge is 0.262 e. The van der Waals surface area contributed by atoms with Gasteiger partial charge in [-0.05, 0) is 67.8 Å². The molecule has 3 aromatic rings. The van der Waals surface area contributed by atoms with E-state index in [0.717, 1.165) is 11.1 Å². The Morgan fingerprint density at radius 1 is 0.970 bits per heavy atom. The molecule has 0 aliphatic carbocycles. The third-order valence-electron chi connectivity index (χ3n) is 5.65.